The molecule has 0 unspecified atom stereocenters. The van der Waals surface area contributed by atoms with E-state index in [0.717, 1.165) is 50.8 Å². The van der Waals surface area contributed by atoms with Crippen LogP contribution in [-0.4, -0.2) is 82.5 Å². The smallest absolute Gasteiger partial charge is 0.475 e. The topological polar surface area (TPSA) is 75.0 Å². The van der Waals surface area contributed by atoms with E-state index in [1.54, 1.807) is 0 Å². The quantitative estimate of drug-likeness (QED) is 0.811. The van der Waals surface area contributed by atoms with Gasteiger partial charge in [-0.1, -0.05) is 0 Å². The van der Waals surface area contributed by atoms with Crippen molar-refractivity contribution in [2.75, 3.05) is 32.8 Å². The van der Waals surface area contributed by atoms with E-state index in [0.29, 0.717) is 12.1 Å². The summed E-state index contributed by atoms with van der Waals surface area (Å²) >= 11 is 0. The summed E-state index contributed by atoms with van der Waals surface area (Å²) in [7, 11) is 1.93. The lowest BCUT2D eigenvalue weighted by atomic mass is 10.1. The fraction of sp³-hybridized carbons (Fsp3) is 0.684. The van der Waals surface area contributed by atoms with Crippen LogP contribution in [0.15, 0.2) is 18.3 Å². The highest BCUT2D eigenvalue weighted by Crippen LogP contribution is 2.31. The average Bonchev–Trinajstić information content (AvgIpc) is 3.24. The van der Waals surface area contributed by atoms with Crippen LogP contribution in [0.3, 0.4) is 0 Å². The van der Waals surface area contributed by atoms with Crippen molar-refractivity contribution in [3.63, 3.8) is 0 Å². The molecule has 3 heterocycles. The van der Waals surface area contributed by atoms with E-state index in [-0.39, 0.29) is 5.91 Å². The van der Waals surface area contributed by atoms with Crippen molar-refractivity contribution < 1.29 is 32.6 Å². The van der Waals surface area contributed by atoms with Gasteiger partial charge >= 0.3 is 12.1 Å². The second-order valence-electron chi connectivity index (χ2n) is 7.84. The number of amides is 1. The van der Waals surface area contributed by atoms with E-state index in [9.17, 15) is 18.0 Å². The number of aromatic nitrogens is 1. The van der Waals surface area contributed by atoms with Gasteiger partial charge in [-0.2, -0.15) is 13.2 Å². The first-order valence-corrected chi connectivity index (χ1v) is 9.71. The van der Waals surface area contributed by atoms with Gasteiger partial charge in [0.05, 0.1) is 6.10 Å². The standard InChI is InChI=1S/C17H25N3O2.C2HF3O2/c1-18-6-2-3-16(18)17(21)20-8-7-19-11-15(9-14(19)10-20)22-12-13-4-5-13;3-2(4,5)1(6)7/h2-3,6,13-15H,4-5,7-12H2,1H3;(H,6,7)/t14-,15+;/m0./s1. The number of hydrogen-bond acceptors (Lipinski definition) is 4. The van der Waals surface area contributed by atoms with Crippen LogP contribution in [0.5, 0.6) is 0 Å². The number of carbonyl (C=O) groups is 2. The van der Waals surface area contributed by atoms with Crippen LogP contribution in [0.25, 0.3) is 0 Å². The van der Waals surface area contributed by atoms with Crippen LogP contribution in [0.2, 0.25) is 0 Å². The van der Waals surface area contributed by atoms with Crippen molar-refractivity contribution in [3.8, 4) is 0 Å². The van der Waals surface area contributed by atoms with Gasteiger partial charge in [0.2, 0.25) is 0 Å². The van der Waals surface area contributed by atoms with E-state index < -0.39 is 12.1 Å². The molecule has 4 rings (SSSR count). The average molecular weight is 417 g/mol. The minimum atomic E-state index is -5.08. The highest BCUT2D eigenvalue weighted by Gasteiger charge is 2.39. The van der Waals surface area contributed by atoms with Crippen LogP contribution in [0.1, 0.15) is 29.8 Å². The number of halogens is 3. The highest BCUT2D eigenvalue weighted by molar-refractivity contribution is 5.92. The van der Waals surface area contributed by atoms with Gasteiger partial charge in [-0.05, 0) is 37.3 Å². The Hall–Kier alpha value is -2.07. The Bertz CT molecular complexity index is 733. The lowest BCUT2D eigenvalue weighted by Gasteiger charge is -2.37. The minimum Gasteiger partial charge on any atom is -0.475 e. The fourth-order valence-electron chi connectivity index (χ4n) is 3.70. The van der Waals surface area contributed by atoms with Crippen molar-refractivity contribution in [1.29, 1.82) is 0 Å². The second kappa shape index (κ2) is 8.74. The summed E-state index contributed by atoms with van der Waals surface area (Å²) in [6, 6.07) is 4.31. The maximum Gasteiger partial charge on any atom is 0.490 e. The molecule has 0 radical (unpaired) electrons. The Morgan fingerprint density at radius 2 is 1.93 bits per heavy atom. The van der Waals surface area contributed by atoms with Crippen LogP contribution in [-0.2, 0) is 16.6 Å². The number of carboxylic acids is 1. The molecule has 3 aliphatic rings. The summed E-state index contributed by atoms with van der Waals surface area (Å²) in [4.78, 5) is 26.0. The van der Waals surface area contributed by atoms with Gasteiger partial charge < -0.3 is 19.3 Å². The van der Waals surface area contributed by atoms with Crippen molar-refractivity contribution in [2.24, 2.45) is 13.0 Å². The Morgan fingerprint density at radius 3 is 2.48 bits per heavy atom. The first-order valence-electron chi connectivity index (χ1n) is 9.71. The van der Waals surface area contributed by atoms with Gasteiger partial charge in [0.25, 0.3) is 5.91 Å². The largest absolute Gasteiger partial charge is 0.490 e. The van der Waals surface area contributed by atoms with E-state index in [4.69, 9.17) is 14.6 Å². The third kappa shape index (κ3) is 5.72. The molecule has 0 spiro atoms. The summed E-state index contributed by atoms with van der Waals surface area (Å²) in [6.45, 7) is 4.63. The maximum absolute atomic E-state index is 12.6. The van der Waals surface area contributed by atoms with Crippen molar-refractivity contribution in [1.82, 2.24) is 14.4 Å². The van der Waals surface area contributed by atoms with Gasteiger partial charge in [-0.25, -0.2) is 4.79 Å². The summed E-state index contributed by atoms with van der Waals surface area (Å²) in [5.74, 6) is -1.77. The molecule has 0 bridgehead atoms. The van der Waals surface area contributed by atoms with E-state index in [1.807, 2.05) is 34.8 Å². The molecule has 29 heavy (non-hydrogen) atoms. The predicted molar refractivity (Wildman–Crippen MR) is 97.4 cm³/mol. The van der Waals surface area contributed by atoms with Crippen molar-refractivity contribution >= 4 is 11.9 Å². The molecule has 2 atom stereocenters. The summed E-state index contributed by atoms with van der Waals surface area (Å²) in [6.07, 6.45) is 0.984. The molecule has 2 saturated heterocycles. The lowest BCUT2D eigenvalue weighted by Crippen LogP contribution is -2.52. The molecule has 0 aromatic carbocycles. The zero-order valence-corrected chi connectivity index (χ0v) is 16.3. The van der Waals surface area contributed by atoms with Gasteiger partial charge in [0.15, 0.2) is 0 Å². The third-order valence-electron chi connectivity index (χ3n) is 5.53. The first-order chi connectivity index (χ1) is 13.6. The molecule has 2 aliphatic heterocycles. The number of piperazine rings is 1. The van der Waals surface area contributed by atoms with Crippen LogP contribution >= 0.6 is 0 Å². The molecule has 1 amide bonds. The lowest BCUT2D eigenvalue weighted by molar-refractivity contribution is -0.192. The van der Waals surface area contributed by atoms with Gasteiger partial charge in [-0.15, -0.1) is 0 Å². The number of aryl methyl sites for hydroxylation is 1. The summed E-state index contributed by atoms with van der Waals surface area (Å²) < 4.78 is 39.7. The van der Waals surface area contributed by atoms with E-state index in [2.05, 4.69) is 4.90 Å². The molecule has 1 aromatic rings. The Balaban J connectivity index is 0.000000298. The number of fused-ring (bicyclic) bond motifs is 1. The number of ether oxygens (including phenoxy) is 1. The molecular weight excluding hydrogens is 391 g/mol. The maximum atomic E-state index is 12.6. The zero-order chi connectivity index (χ0) is 21.2. The normalized spacial score (nSPS) is 24.6. The van der Waals surface area contributed by atoms with Crippen LogP contribution < -0.4 is 0 Å². The molecule has 1 aliphatic carbocycles. The van der Waals surface area contributed by atoms with E-state index >= 15 is 0 Å². The third-order valence-corrected chi connectivity index (χ3v) is 5.53. The highest BCUT2D eigenvalue weighted by atomic mass is 19.4. The van der Waals surface area contributed by atoms with Gasteiger partial charge in [0, 0.05) is 52.1 Å². The Morgan fingerprint density at radius 1 is 1.24 bits per heavy atom. The van der Waals surface area contributed by atoms with Gasteiger partial charge in [-0.3, -0.25) is 9.69 Å². The molecule has 3 fully saturated rings. The Kier molecular flexibility index (Phi) is 6.52. The van der Waals surface area contributed by atoms with E-state index in [1.165, 1.54) is 12.8 Å². The van der Waals surface area contributed by atoms with Crippen LogP contribution in [0, 0.1) is 5.92 Å². The molecule has 1 aromatic heterocycles. The SMILES string of the molecule is Cn1cccc1C(=O)N1CCN2C[C@H](OCC3CC3)C[C@H]2C1.O=C(O)C(F)(F)F. The number of nitrogens with zero attached hydrogens (tertiary/aromatic N) is 3. The van der Waals surface area contributed by atoms with Crippen LogP contribution in [0.4, 0.5) is 13.2 Å². The molecule has 1 saturated carbocycles. The monoisotopic (exact) mass is 417 g/mol. The second-order valence-corrected chi connectivity index (χ2v) is 7.84. The van der Waals surface area contributed by atoms with Crippen molar-refractivity contribution in [3.05, 3.63) is 24.0 Å². The predicted octanol–water partition coefficient (Wildman–Crippen LogP) is 1.98. The molecule has 7 nitrogen and oxygen atoms in total. The summed E-state index contributed by atoms with van der Waals surface area (Å²) in [5.41, 5.74) is 0.785. The molecular formula is C19H26F3N3O4. The number of hydrogen-bond donors (Lipinski definition) is 1. The fourth-order valence-corrected chi connectivity index (χ4v) is 3.70. The number of aliphatic carboxylic acids is 1. The molecule has 10 heteroatoms. The minimum absolute atomic E-state index is 0.162. The molecule has 162 valence electrons. The Labute approximate surface area is 167 Å². The molecule has 1 N–H and O–H groups in total. The first kappa shape index (κ1) is 21.6. The number of carboxylic acid groups (broad SMARTS) is 1. The number of rotatable bonds is 4. The summed E-state index contributed by atoms with van der Waals surface area (Å²) in [5, 5.41) is 7.12. The van der Waals surface area contributed by atoms with Gasteiger partial charge in [0.1, 0.15) is 5.69 Å². The number of carbonyl (C=O) groups excluding carboxylic acids is 1. The zero-order valence-electron chi connectivity index (χ0n) is 16.3. The van der Waals surface area contributed by atoms with Crippen molar-refractivity contribution in [2.45, 2.75) is 37.6 Å². The number of alkyl halides is 3.